The monoisotopic (exact) mass is 366 g/mol. The molecule has 3 rings (SSSR count). The van der Waals surface area contributed by atoms with Crippen LogP contribution in [-0.4, -0.2) is 20.9 Å². The van der Waals surface area contributed by atoms with Gasteiger partial charge in [0.25, 0.3) is 15.9 Å². The summed E-state index contributed by atoms with van der Waals surface area (Å²) < 4.78 is 33.2. The maximum Gasteiger partial charge on any atom is 0.263 e. The van der Waals surface area contributed by atoms with E-state index in [1.54, 1.807) is 12.1 Å². The minimum absolute atomic E-state index is 0.000953. The van der Waals surface area contributed by atoms with Gasteiger partial charge in [0.15, 0.2) is 6.61 Å². The second-order valence-corrected chi connectivity index (χ2v) is 7.29. The van der Waals surface area contributed by atoms with Crippen molar-refractivity contribution in [1.82, 2.24) is 0 Å². The van der Waals surface area contributed by atoms with Gasteiger partial charge in [-0.2, -0.15) is 0 Å². The minimum Gasteiger partial charge on any atom is -0.482 e. The van der Waals surface area contributed by atoms with Crippen LogP contribution in [0.5, 0.6) is 5.75 Å². The smallest absolute Gasteiger partial charge is 0.263 e. The number of carbonyl (C=O) groups is 1. The SMILES string of the molecule is CCc1ccccc1NS(=O)(=O)c1cc2c(cc1Cl)NC(=O)CO2. The number of anilines is 2. The van der Waals surface area contributed by atoms with E-state index in [-0.39, 0.29) is 28.2 Å². The summed E-state index contributed by atoms with van der Waals surface area (Å²) in [4.78, 5) is 11.2. The number of benzene rings is 2. The first kappa shape index (κ1) is 16.6. The highest BCUT2D eigenvalue weighted by Gasteiger charge is 2.25. The molecule has 24 heavy (non-hydrogen) atoms. The van der Waals surface area contributed by atoms with E-state index in [0.717, 1.165) is 5.56 Å². The summed E-state index contributed by atoms with van der Waals surface area (Å²) in [5.74, 6) is -0.0488. The van der Waals surface area contributed by atoms with Crippen LogP contribution in [-0.2, 0) is 21.2 Å². The van der Waals surface area contributed by atoms with Crippen molar-refractivity contribution in [2.24, 2.45) is 0 Å². The third kappa shape index (κ3) is 3.18. The maximum atomic E-state index is 12.7. The lowest BCUT2D eigenvalue weighted by atomic mass is 10.1. The third-order valence-corrected chi connectivity index (χ3v) is 5.43. The molecule has 126 valence electrons. The van der Waals surface area contributed by atoms with Crippen LogP contribution in [0, 0.1) is 0 Å². The molecule has 1 aliphatic rings. The molecule has 2 aromatic rings. The van der Waals surface area contributed by atoms with Gasteiger partial charge in [0, 0.05) is 6.07 Å². The van der Waals surface area contributed by atoms with Crippen LogP contribution >= 0.6 is 11.6 Å². The van der Waals surface area contributed by atoms with Gasteiger partial charge >= 0.3 is 0 Å². The van der Waals surface area contributed by atoms with Crippen molar-refractivity contribution in [3.8, 4) is 5.75 Å². The predicted octanol–water partition coefficient (Wildman–Crippen LogP) is 3.03. The summed E-state index contributed by atoms with van der Waals surface area (Å²) >= 11 is 6.11. The van der Waals surface area contributed by atoms with Crippen LogP contribution < -0.4 is 14.8 Å². The van der Waals surface area contributed by atoms with Gasteiger partial charge in [-0.25, -0.2) is 8.42 Å². The Bertz CT molecular complexity index is 912. The molecule has 0 radical (unpaired) electrons. The average Bonchev–Trinajstić information content (AvgIpc) is 2.54. The van der Waals surface area contributed by atoms with Crippen LogP contribution in [0.3, 0.4) is 0 Å². The minimum atomic E-state index is -3.90. The third-order valence-electron chi connectivity index (χ3n) is 3.60. The van der Waals surface area contributed by atoms with Crippen molar-refractivity contribution in [3.63, 3.8) is 0 Å². The molecule has 0 saturated carbocycles. The van der Waals surface area contributed by atoms with Crippen molar-refractivity contribution in [3.05, 3.63) is 47.0 Å². The summed E-state index contributed by atoms with van der Waals surface area (Å²) in [6.07, 6.45) is 0.686. The Morgan fingerprint density at radius 1 is 1.29 bits per heavy atom. The fourth-order valence-electron chi connectivity index (χ4n) is 2.42. The number of hydrogen-bond acceptors (Lipinski definition) is 4. The molecule has 0 saturated heterocycles. The second-order valence-electron chi connectivity index (χ2n) is 5.23. The summed E-state index contributed by atoms with van der Waals surface area (Å²) in [5.41, 5.74) is 1.73. The first-order chi connectivity index (χ1) is 11.4. The highest BCUT2D eigenvalue weighted by Crippen LogP contribution is 2.36. The lowest BCUT2D eigenvalue weighted by Crippen LogP contribution is -2.26. The normalized spacial score (nSPS) is 13.7. The number of nitrogens with one attached hydrogen (secondary N) is 2. The number of amides is 1. The van der Waals surface area contributed by atoms with Crippen molar-refractivity contribution >= 4 is 38.9 Å². The van der Waals surface area contributed by atoms with Gasteiger partial charge in [-0.05, 0) is 24.1 Å². The standard InChI is InChI=1S/C16H15ClN2O4S/c1-2-10-5-3-4-6-12(10)19-24(21,22)15-8-14-13(7-11(15)17)18-16(20)9-23-14/h3-8,19H,2,9H2,1H3,(H,18,20). The molecule has 0 aromatic heterocycles. The molecule has 0 aliphatic carbocycles. The molecule has 0 spiro atoms. The Hall–Kier alpha value is -2.25. The Morgan fingerprint density at radius 3 is 2.79 bits per heavy atom. The molecule has 0 atom stereocenters. The molecular formula is C16H15ClN2O4S. The average molecular weight is 367 g/mol. The van der Waals surface area contributed by atoms with E-state index in [2.05, 4.69) is 10.0 Å². The quantitative estimate of drug-likeness (QED) is 0.871. The van der Waals surface area contributed by atoms with Crippen LogP contribution in [0.25, 0.3) is 0 Å². The molecule has 2 N–H and O–H groups in total. The number of rotatable bonds is 4. The van der Waals surface area contributed by atoms with Gasteiger partial charge < -0.3 is 10.1 Å². The summed E-state index contributed by atoms with van der Waals surface area (Å²) in [5, 5.41) is 2.58. The lowest BCUT2D eigenvalue weighted by molar-refractivity contribution is -0.118. The number of hydrogen-bond donors (Lipinski definition) is 2. The second kappa shape index (κ2) is 6.33. The highest BCUT2D eigenvalue weighted by molar-refractivity contribution is 7.92. The molecule has 0 unspecified atom stereocenters. The van der Waals surface area contributed by atoms with E-state index in [0.29, 0.717) is 17.8 Å². The Kier molecular flexibility index (Phi) is 4.38. The largest absolute Gasteiger partial charge is 0.482 e. The zero-order valence-corrected chi connectivity index (χ0v) is 14.4. The zero-order valence-electron chi connectivity index (χ0n) is 12.8. The van der Waals surface area contributed by atoms with E-state index < -0.39 is 10.0 Å². The molecule has 1 heterocycles. The Morgan fingerprint density at radius 2 is 2.04 bits per heavy atom. The molecule has 1 aliphatic heterocycles. The predicted molar refractivity (Wildman–Crippen MR) is 92.2 cm³/mol. The Balaban J connectivity index is 2.00. The number of ether oxygens (including phenoxy) is 1. The van der Waals surface area contributed by atoms with Crippen molar-refractivity contribution in [2.75, 3.05) is 16.6 Å². The molecule has 8 heteroatoms. The molecular weight excluding hydrogens is 352 g/mol. The molecule has 1 amide bonds. The van der Waals surface area contributed by atoms with Crippen LogP contribution in [0.1, 0.15) is 12.5 Å². The zero-order chi connectivity index (χ0) is 17.3. The fraction of sp³-hybridized carbons (Fsp3) is 0.188. The Labute approximate surface area is 144 Å². The van der Waals surface area contributed by atoms with Gasteiger partial charge in [0.2, 0.25) is 0 Å². The van der Waals surface area contributed by atoms with Crippen molar-refractivity contribution in [1.29, 1.82) is 0 Å². The molecule has 0 bridgehead atoms. The number of halogens is 1. The number of sulfonamides is 1. The van der Waals surface area contributed by atoms with E-state index in [4.69, 9.17) is 16.3 Å². The van der Waals surface area contributed by atoms with E-state index in [1.165, 1.54) is 12.1 Å². The number of fused-ring (bicyclic) bond motifs is 1. The molecule has 2 aromatic carbocycles. The topological polar surface area (TPSA) is 84.5 Å². The van der Waals surface area contributed by atoms with Crippen molar-refractivity contribution < 1.29 is 17.9 Å². The fourth-order valence-corrected chi connectivity index (χ4v) is 4.06. The van der Waals surface area contributed by atoms with E-state index in [9.17, 15) is 13.2 Å². The lowest BCUT2D eigenvalue weighted by Gasteiger charge is -2.20. The van der Waals surface area contributed by atoms with E-state index >= 15 is 0 Å². The van der Waals surface area contributed by atoms with Crippen LogP contribution in [0.2, 0.25) is 5.02 Å². The summed E-state index contributed by atoms with van der Waals surface area (Å²) in [7, 11) is -3.90. The van der Waals surface area contributed by atoms with Gasteiger partial charge in [0.05, 0.1) is 16.4 Å². The van der Waals surface area contributed by atoms with Gasteiger partial charge in [0.1, 0.15) is 10.6 Å². The summed E-state index contributed by atoms with van der Waals surface area (Å²) in [6.45, 7) is 1.77. The molecule has 0 fully saturated rings. The number of para-hydroxylation sites is 1. The van der Waals surface area contributed by atoms with Crippen molar-refractivity contribution in [2.45, 2.75) is 18.2 Å². The maximum absolute atomic E-state index is 12.7. The van der Waals surface area contributed by atoms with Gasteiger partial charge in [-0.15, -0.1) is 0 Å². The number of carbonyl (C=O) groups excluding carboxylic acids is 1. The molecule has 6 nitrogen and oxygen atoms in total. The number of aryl methyl sites for hydroxylation is 1. The van der Waals surface area contributed by atoms with Crippen LogP contribution in [0.4, 0.5) is 11.4 Å². The summed E-state index contributed by atoms with van der Waals surface area (Å²) in [6, 6.07) is 9.83. The van der Waals surface area contributed by atoms with Gasteiger partial charge in [-0.3, -0.25) is 9.52 Å². The highest BCUT2D eigenvalue weighted by atomic mass is 35.5. The van der Waals surface area contributed by atoms with Gasteiger partial charge in [-0.1, -0.05) is 36.7 Å². The van der Waals surface area contributed by atoms with Crippen LogP contribution in [0.15, 0.2) is 41.3 Å². The first-order valence-corrected chi connectivity index (χ1v) is 9.13. The van der Waals surface area contributed by atoms with E-state index in [1.807, 2.05) is 19.1 Å². The first-order valence-electron chi connectivity index (χ1n) is 7.27.